The average molecular weight is 424 g/mol. The maximum absolute atomic E-state index is 13.1. The maximum atomic E-state index is 13.1. The number of nitrogens with zero attached hydrogens (tertiary/aromatic N) is 1. The van der Waals surface area contributed by atoms with Crippen molar-refractivity contribution >= 4 is 41.0 Å². The first-order chi connectivity index (χ1) is 15.1. The summed E-state index contributed by atoms with van der Waals surface area (Å²) in [5, 5.41) is 11.6. The van der Waals surface area contributed by atoms with E-state index in [-0.39, 0.29) is 24.7 Å². The Hall–Kier alpha value is -3.22. The zero-order chi connectivity index (χ0) is 22.4. The van der Waals surface area contributed by atoms with Crippen LogP contribution in [0.3, 0.4) is 0 Å². The Balaban J connectivity index is 0.000000858. The van der Waals surface area contributed by atoms with E-state index in [9.17, 15) is 14.4 Å². The van der Waals surface area contributed by atoms with Crippen molar-refractivity contribution in [1.82, 2.24) is 5.32 Å². The van der Waals surface area contributed by atoms with Crippen LogP contribution in [-0.4, -0.2) is 42.8 Å². The van der Waals surface area contributed by atoms with Gasteiger partial charge >= 0.3 is 0 Å². The summed E-state index contributed by atoms with van der Waals surface area (Å²) in [6.07, 6.45) is 7.51. The molecule has 2 aliphatic rings. The van der Waals surface area contributed by atoms with E-state index in [0.717, 1.165) is 22.7 Å². The molecule has 1 atom stereocenters. The van der Waals surface area contributed by atoms with E-state index in [1.54, 1.807) is 11.9 Å². The molecule has 2 aromatic rings. The van der Waals surface area contributed by atoms with E-state index < -0.39 is 6.04 Å². The highest BCUT2D eigenvalue weighted by Crippen LogP contribution is 2.44. The number of hydrogen-bond donors (Lipinski definition) is 2. The lowest BCUT2D eigenvalue weighted by Crippen LogP contribution is -2.39. The van der Waals surface area contributed by atoms with Gasteiger partial charge in [0.05, 0.1) is 11.7 Å². The van der Waals surface area contributed by atoms with Gasteiger partial charge in [-0.2, -0.15) is 0 Å². The molecule has 0 radical (unpaired) electrons. The SMILES string of the molecule is CNC(=O)CCC(C=O)N1C(=O)c2cccc3c(C4CCCCC4)ccc1c23.O=CO. The van der Waals surface area contributed by atoms with E-state index in [1.807, 2.05) is 18.2 Å². The molecule has 1 unspecified atom stereocenters. The largest absolute Gasteiger partial charge is 0.483 e. The number of carbonyl (C=O) groups excluding carboxylic acids is 3. The van der Waals surface area contributed by atoms with E-state index in [4.69, 9.17) is 9.90 Å². The van der Waals surface area contributed by atoms with Crippen molar-refractivity contribution in [2.45, 2.75) is 56.9 Å². The minimum absolute atomic E-state index is 0.131. The van der Waals surface area contributed by atoms with Crippen molar-refractivity contribution in [3.8, 4) is 0 Å². The van der Waals surface area contributed by atoms with Crippen LogP contribution in [-0.2, 0) is 14.4 Å². The van der Waals surface area contributed by atoms with Crippen LogP contribution in [0.1, 0.15) is 66.8 Å². The van der Waals surface area contributed by atoms with Crippen LogP contribution in [0.25, 0.3) is 10.8 Å². The van der Waals surface area contributed by atoms with Crippen molar-refractivity contribution in [3.05, 3.63) is 41.5 Å². The predicted octanol–water partition coefficient (Wildman–Crippen LogP) is 3.64. The second kappa shape index (κ2) is 10.2. The van der Waals surface area contributed by atoms with Crippen LogP contribution in [0, 0.1) is 0 Å². The highest BCUT2D eigenvalue weighted by atomic mass is 16.3. The third-order valence-electron chi connectivity index (χ3n) is 6.24. The highest BCUT2D eigenvalue weighted by molar-refractivity contribution is 6.26. The van der Waals surface area contributed by atoms with Gasteiger partial charge in [-0.05, 0) is 48.3 Å². The van der Waals surface area contributed by atoms with Gasteiger partial charge in [0.25, 0.3) is 12.4 Å². The lowest BCUT2D eigenvalue weighted by Gasteiger charge is -2.26. The zero-order valence-corrected chi connectivity index (χ0v) is 17.7. The molecule has 0 spiro atoms. The standard InChI is InChI=1S/C23H26N2O3.CH2O2/c1-24-21(27)13-10-16(14-26)25-20-12-11-17(15-6-3-2-4-7-15)18-8-5-9-19(22(18)20)23(25)28;2-1-3/h5,8-9,11-12,14-16H,2-4,6-7,10,13H2,1H3,(H,24,27);1H,(H,2,3). The van der Waals surface area contributed by atoms with Crippen molar-refractivity contribution in [1.29, 1.82) is 0 Å². The van der Waals surface area contributed by atoms with Crippen LogP contribution in [0.5, 0.6) is 0 Å². The number of benzene rings is 2. The number of anilines is 1. The summed E-state index contributed by atoms with van der Waals surface area (Å²) in [5.74, 6) is 0.265. The Labute approximate surface area is 181 Å². The molecule has 164 valence electrons. The molecule has 4 rings (SSSR count). The molecule has 2 amide bonds. The number of carbonyl (C=O) groups is 4. The molecule has 0 bridgehead atoms. The van der Waals surface area contributed by atoms with Crippen LogP contribution in [0.2, 0.25) is 0 Å². The van der Waals surface area contributed by atoms with Gasteiger partial charge in [0.15, 0.2) is 0 Å². The number of amides is 2. The summed E-state index contributed by atoms with van der Waals surface area (Å²) in [4.78, 5) is 46.5. The third-order valence-corrected chi connectivity index (χ3v) is 6.24. The van der Waals surface area contributed by atoms with Gasteiger partial charge in [0, 0.05) is 24.4 Å². The molecule has 7 heteroatoms. The number of aldehydes is 1. The molecule has 1 heterocycles. The van der Waals surface area contributed by atoms with Crippen molar-refractivity contribution in [3.63, 3.8) is 0 Å². The zero-order valence-electron chi connectivity index (χ0n) is 17.7. The lowest BCUT2D eigenvalue weighted by atomic mass is 9.81. The van der Waals surface area contributed by atoms with E-state index in [1.165, 1.54) is 37.7 Å². The summed E-state index contributed by atoms with van der Waals surface area (Å²) in [7, 11) is 1.57. The van der Waals surface area contributed by atoms with Gasteiger partial charge in [-0.1, -0.05) is 37.5 Å². The monoisotopic (exact) mass is 424 g/mol. The van der Waals surface area contributed by atoms with Crippen molar-refractivity contribution in [2.24, 2.45) is 0 Å². The van der Waals surface area contributed by atoms with Gasteiger partial charge in [-0.25, -0.2) is 0 Å². The summed E-state index contributed by atoms with van der Waals surface area (Å²) in [5.41, 5.74) is 2.78. The molecule has 2 aromatic carbocycles. The maximum Gasteiger partial charge on any atom is 0.290 e. The molecule has 1 saturated carbocycles. The van der Waals surface area contributed by atoms with E-state index in [0.29, 0.717) is 17.9 Å². The minimum atomic E-state index is -0.638. The van der Waals surface area contributed by atoms with E-state index in [2.05, 4.69) is 17.4 Å². The predicted molar refractivity (Wildman–Crippen MR) is 118 cm³/mol. The summed E-state index contributed by atoms with van der Waals surface area (Å²) in [6, 6.07) is 9.39. The van der Waals surface area contributed by atoms with Gasteiger partial charge in [-0.15, -0.1) is 0 Å². The number of rotatable bonds is 6. The van der Waals surface area contributed by atoms with E-state index >= 15 is 0 Å². The molecule has 1 aliphatic heterocycles. The molecule has 1 aliphatic carbocycles. The molecule has 7 nitrogen and oxygen atoms in total. The fourth-order valence-corrected chi connectivity index (χ4v) is 4.79. The van der Waals surface area contributed by atoms with Crippen molar-refractivity contribution < 1.29 is 24.3 Å². The topological polar surface area (TPSA) is 104 Å². The molecule has 0 saturated heterocycles. The van der Waals surface area contributed by atoms with Gasteiger partial charge < -0.3 is 15.2 Å². The second-order valence-electron chi connectivity index (χ2n) is 7.93. The Morgan fingerprint density at radius 2 is 1.90 bits per heavy atom. The number of hydrogen-bond acceptors (Lipinski definition) is 4. The summed E-state index contributed by atoms with van der Waals surface area (Å²) < 4.78 is 0. The Morgan fingerprint density at radius 3 is 2.55 bits per heavy atom. The van der Waals surface area contributed by atoms with Crippen LogP contribution in [0.15, 0.2) is 30.3 Å². The third kappa shape index (κ3) is 4.45. The van der Waals surface area contributed by atoms with Crippen molar-refractivity contribution in [2.75, 3.05) is 11.9 Å². The summed E-state index contributed by atoms with van der Waals surface area (Å²) >= 11 is 0. The first-order valence-corrected chi connectivity index (χ1v) is 10.7. The molecule has 2 N–H and O–H groups in total. The fraction of sp³-hybridized carbons (Fsp3) is 0.417. The quantitative estimate of drug-likeness (QED) is 0.689. The van der Waals surface area contributed by atoms with Gasteiger partial charge in [0.2, 0.25) is 5.91 Å². The molecular formula is C24H28N2O5. The fourth-order valence-electron chi connectivity index (χ4n) is 4.79. The second-order valence-corrected chi connectivity index (χ2v) is 7.93. The molecule has 0 aromatic heterocycles. The summed E-state index contributed by atoms with van der Waals surface area (Å²) in [6.45, 7) is -0.250. The van der Waals surface area contributed by atoms with Crippen LogP contribution >= 0.6 is 0 Å². The number of carboxylic acid groups (broad SMARTS) is 1. The highest BCUT2D eigenvalue weighted by Gasteiger charge is 2.35. The first kappa shape index (κ1) is 22.5. The lowest BCUT2D eigenvalue weighted by molar-refractivity contribution is -0.123. The van der Waals surface area contributed by atoms with Gasteiger partial charge in [-0.3, -0.25) is 19.3 Å². The van der Waals surface area contributed by atoms with Gasteiger partial charge in [0.1, 0.15) is 6.29 Å². The van der Waals surface area contributed by atoms with Crippen LogP contribution in [0.4, 0.5) is 5.69 Å². The Kier molecular flexibility index (Phi) is 7.39. The van der Waals surface area contributed by atoms with Crippen LogP contribution < -0.4 is 10.2 Å². The number of nitrogens with one attached hydrogen (secondary N) is 1. The Morgan fingerprint density at radius 1 is 1.19 bits per heavy atom. The normalized spacial score (nSPS) is 16.4. The smallest absolute Gasteiger partial charge is 0.290 e. The first-order valence-electron chi connectivity index (χ1n) is 10.7. The Bertz CT molecular complexity index is 981. The molecule has 31 heavy (non-hydrogen) atoms. The molecule has 1 fully saturated rings. The average Bonchev–Trinajstić information content (AvgIpc) is 3.09. The molecular weight excluding hydrogens is 396 g/mol. The minimum Gasteiger partial charge on any atom is -0.483 e.